The summed E-state index contributed by atoms with van der Waals surface area (Å²) in [6.45, 7) is 3.45. The third kappa shape index (κ3) is 3.21. The predicted octanol–water partition coefficient (Wildman–Crippen LogP) is 0.654. The van der Waals surface area contributed by atoms with Crippen molar-refractivity contribution in [1.29, 1.82) is 0 Å². The fourth-order valence-electron chi connectivity index (χ4n) is 3.95. The van der Waals surface area contributed by atoms with Gasteiger partial charge in [-0.25, -0.2) is 4.79 Å². The van der Waals surface area contributed by atoms with Crippen molar-refractivity contribution in [2.75, 3.05) is 32.7 Å². The standard InChI is InChI=1S/C18H23N3O4/c22-16(11-21-14-5-1-2-6-15(14)25-17(21)23)20-10-7-18(24,13-20)12-19-8-3-4-9-19/h1-2,5-6,24H,3-4,7-13H2. The van der Waals surface area contributed by atoms with E-state index in [0.717, 1.165) is 13.1 Å². The quantitative estimate of drug-likeness (QED) is 0.880. The third-order valence-corrected chi connectivity index (χ3v) is 5.27. The first-order chi connectivity index (χ1) is 12.0. The number of β-amino-alcohol motifs (C(OH)–C–C–N with tert-alkyl or cyclic N) is 1. The van der Waals surface area contributed by atoms with Crippen LogP contribution in [0.4, 0.5) is 0 Å². The lowest BCUT2D eigenvalue weighted by atomic mass is 10.0. The van der Waals surface area contributed by atoms with Crippen LogP contribution >= 0.6 is 0 Å². The fraction of sp³-hybridized carbons (Fsp3) is 0.556. The third-order valence-electron chi connectivity index (χ3n) is 5.27. The van der Waals surface area contributed by atoms with Gasteiger partial charge in [-0.05, 0) is 44.5 Å². The number of hydrogen-bond acceptors (Lipinski definition) is 5. The zero-order valence-corrected chi connectivity index (χ0v) is 14.2. The van der Waals surface area contributed by atoms with E-state index < -0.39 is 11.4 Å². The van der Waals surface area contributed by atoms with Crippen LogP contribution < -0.4 is 5.76 Å². The van der Waals surface area contributed by atoms with Gasteiger partial charge in [0.2, 0.25) is 5.91 Å². The topological polar surface area (TPSA) is 78.9 Å². The highest BCUT2D eigenvalue weighted by molar-refractivity contribution is 5.79. The maximum absolute atomic E-state index is 12.6. The number of nitrogens with zero attached hydrogens (tertiary/aromatic N) is 3. The summed E-state index contributed by atoms with van der Waals surface area (Å²) in [6.07, 6.45) is 2.93. The average molecular weight is 345 g/mol. The molecule has 2 fully saturated rings. The molecule has 2 saturated heterocycles. The van der Waals surface area contributed by atoms with Crippen LogP contribution in [0.2, 0.25) is 0 Å². The van der Waals surface area contributed by atoms with Gasteiger partial charge in [0.05, 0.1) is 17.7 Å². The number of carbonyl (C=O) groups is 1. The molecule has 1 aromatic heterocycles. The summed E-state index contributed by atoms with van der Waals surface area (Å²) in [5.74, 6) is -0.688. The first-order valence-corrected chi connectivity index (χ1v) is 8.85. The molecule has 134 valence electrons. The summed E-state index contributed by atoms with van der Waals surface area (Å²) in [4.78, 5) is 28.6. The van der Waals surface area contributed by atoms with Gasteiger partial charge in [-0.2, -0.15) is 0 Å². The minimum atomic E-state index is -0.844. The van der Waals surface area contributed by atoms with Crippen LogP contribution in [0.25, 0.3) is 11.1 Å². The smallest absolute Gasteiger partial charge is 0.408 e. The summed E-state index contributed by atoms with van der Waals surface area (Å²) in [6, 6.07) is 7.07. The Morgan fingerprint density at radius 3 is 2.76 bits per heavy atom. The summed E-state index contributed by atoms with van der Waals surface area (Å²) >= 11 is 0. The molecule has 1 amide bonds. The van der Waals surface area contributed by atoms with Crippen molar-refractivity contribution in [3.05, 3.63) is 34.8 Å². The number of aliphatic hydroxyl groups is 1. The van der Waals surface area contributed by atoms with E-state index in [9.17, 15) is 14.7 Å². The molecule has 7 heteroatoms. The number of oxazole rings is 1. The monoisotopic (exact) mass is 345 g/mol. The molecule has 0 bridgehead atoms. The number of aromatic nitrogens is 1. The van der Waals surface area contributed by atoms with Crippen LogP contribution in [0.5, 0.6) is 0 Å². The molecule has 25 heavy (non-hydrogen) atoms. The number of para-hydroxylation sites is 2. The second-order valence-electron chi connectivity index (χ2n) is 7.19. The SMILES string of the molecule is O=C(Cn1c(=O)oc2ccccc21)N1CCC(O)(CN2CCCC2)C1. The average Bonchev–Trinajstić information content (AvgIpc) is 3.29. The number of benzene rings is 1. The Bertz CT molecular complexity index is 836. The van der Waals surface area contributed by atoms with Crippen LogP contribution in [-0.2, 0) is 11.3 Å². The maximum Gasteiger partial charge on any atom is 0.420 e. The van der Waals surface area contributed by atoms with Crippen molar-refractivity contribution >= 4 is 17.0 Å². The number of fused-ring (bicyclic) bond motifs is 1. The number of hydrogen-bond donors (Lipinski definition) is 1. The van der Waals surface area contributed by atoms with Crippen molar-refractivity contribution in [1.82, 2.24) is 14.4 Å². The molecule has 2 aliphatic rings. The molecular formula is C18H23N3O4. The van der Waals surface area contributed by atoms with Crippen molar-refractivity contribution in [3.8, 4) is 0 Å². The van der Waals surface area contributed by atoms with Gasteiger partial charge < -0.3 is 19.3 Å². The highest BCUT2D eigenvalue weighted by atomic mass is 16.4. The summed E-state index contributed by atoms with van der Waals surface area (Å²) in [5, 5.41) is 10.8. The number of likely N-dealkylation sites (tertiary alicyclic amines) is 2. The summed E-state index contributed by atoms with van der Waals surface area (Å²) in [5.41, 5.74) is 0.253. The predicted molar refractivity (Wildman–Crippen MR) is 92.3 cm³/mol. The Hall–Kier alpha value is -2.12. The lowest BCUT2D eigenvalue weighted by molar-refractivity contribution is -0.132. The highest BCUT2D eigenvalue weighted by Crippen LogP contribution is 2.24. The minimum Gasteiger partial charge on any atom is -0.408 e. The molecule has 2 aromatic rings. The van der Waals surface area contributed by atoms with Gasteiger partial charge in [0.15, 0.2) is 5.58 Å². The lowest BCUT2D eigenvalue weighted by Gasteiger charge is -2.28. The molecule has 1 atom stereocenters. The van der Waals surface area contributed by atoms with E-state index in [1.54, 1.807) is 23.1 Å². The van der Waals surface area contributed by atoms with E-state index >= 15 is 0 Å². The van der Waals surface area contributed by atoms with E-state index in [2.05, 4.69) is 4.90 Å². The van der Waals surface area contributed by atoms with Crippen LogP contribution in [0.15, 0.2) is 33.5 Å². The van der Waals surface area contributed by atoms with E-state index in [0.29, 0.717) is 37.2 Å². The molecule has 1 aromatic carbocycles. The first kappa shape index (κ1) is 16.4. The Kier molecular flexibility index (Phi) is 4.13. The fourth-order valence-corrected chi connectivity index (χ4v) is 3.95. The molecule has 0 spiro atoms. The zero-order valence-electron chi connectivity index (χ0n) is 14.2. The van der Waals surface area contributed by atoms with E-state index in [-0.39, 0.29) is 12.5 Å². The van der Waals surface area contributed by atoms with Crippen molar-refractivity contribution in [3.63, 3.8) is 0 Å². The Morgan fingerprint density at radius 2 is 1.96 bits per heavy atom. The van der Waals surface area contributed by atoms with Crippen molar-refractivity contribution in [2.45, 2.75) is 31.4 Å². The van der Waals surface area contributed by atoms with Gasteiger partial charge in [-0.3, -0.25) is 9.36 Å². The molecule has 0 radical (unpaired) electrons. The summed E-state index contributed by atoms with van der Waals surface area (Å²) in [7, 11) is 0. The lowest BCUT2D eigenvalue weighted by Crippen LogP contribution is -2.45. The number of amides is 1. The zero-order chi connectivity index (χ0) is 17.4. The maximum atomic E-state index is 12.6. The molecule has 1 unspecified atom stereocenters. The second kappa shape index (κ2) is 6.31. The highest BCUT2D eigenvalue weighted by Gasteiger charge is 2.39. The normalized spacial score (nSPS) is 24.4. The molecule has 7 nitrogen and oxygen atoms in total. The van der Waals surface area contributed by atoms with Gasteiger partial charge in [0.1, 0.15) is 6.54 Å². The van der Waals surface area contributed by atoms with E-state index in [4.69, 9.17) is 4.42 Å². The molecule has 0 aliphatic carbocycles. The Labute approximate surface area is 145 Å². The molecule has 2 aliphatic heterocycles. The van der Waals surface area contributed by atoms with Crippen molar-refractivity contribution in [2.24, 2.45) is 0 Å². The minimum absolute atomic E-state index is 0.0599. The van der Waals surface area contributed by atoms with Gasteiger partial charge in [0.25, 0.3) is 0 Å². The number of carbonyl (C=O) groups excluding carboxylic acids is 1. The van der Waals surface area contributed by atoms with Crippen molar-refractivity contribution < 1.29 is 14.3 Å². The second-order valence-corrected chi connectivity index (χ2v) is 7.19. The van der Waals surface area contributed by atoms with E-state index in [1.807, 2.05) is 6.07 Å². The van der Waals surface area contributed by atoms with Crippen LogP contribution in [0.3, 0.4) is 0 Å². The number of rotatable bonds is 4. The van der Waals surface area contributed by atoms with Gasteiger partial charge in [0, 0.05) is 13.1 Å². The molecule has 4 rings (SSSR count). The van der Waals surface area contributed by atoms with Gasteiger partial charge in [-0.1, -0.05) is 12.1 Å². The first-order valence-electron chi connectivity index (χ1n) is 8.85. The Morgan fingerprint density at radius 1 is 1.20 bits per heavy atom. The molecule has 0 saturated carbocycles. The Balaban J connectivity index is 1.45. The summed E-state index contributed by atoms with van der Waals surface area (Å²) < 4.78 is 6.53. The molecule has 1 N–H and O–H groups in total. The van der Waals surface area contributed by atoms with Crippen LogP contribution in [0, 0.1) is 0 Å². The molecule has 3 heterocycles. The van der Waals surface area contributed by atoms with E-state index in [1.165, 1.54) is 17.4 Å². The van der Waals surface area contributed by atoms with Gasteiger partial charge in [-0.15, -0.1) is 0 Å². The molecular weight excluding hydrogens is 322 g/mol. The largest absolute Gasteiger partial charge is 0.420 e. The van der Waals surface area contributed by atoms with Gasteiger partial charge >= 0.3 is 5.76 Å². The van der Waals surface area contributed by atoms with Crippen LogP contribution in [0.1, 0.15) is 19.3 Å². The van der Waals surface area contributed by atoms with Crippen LogP contribution in [-0.4, -0.2) is 63.7 Å².